The average Bonchev–Trinajstić information content (AvgIpc) is 2.09. The quantitative estimate of drug-likeness (QED) is 0.801. The predicted octanol–water partition coefficient (Wildman–Crippen LogP) is 3.57. The molecule has 1 aromatic rings. The number of anilines is 1. The van der Waals surface area contributed by atoms with Crippen molar-refractivity contribution in [3.63, 3.8) is 0 Å². The van der Waals surface area contributed by atoms with Gasteiger partial charge < -0.3 is 5.32 Å². The van der Waals surface area contributed by atoms with Gasteiger partial charge in [-0.1, -0.05) is 6.08 Å². The lowest BCUT2D eigenvalue weighted by molar-refractivity contribution is 0.627. The van der Waals surface area contributed by atoms with E-state index in [0.717, 1.165) is 10.2 Å². The summed E-state index contributed by atoms with van der Waals surface area (Å²) < 4.78 is 13.4. The van der Waals surface area contributed by atoms with Crippen LogP contribution in [0.3, 0.4) is 0 Å². The molecule has 1 rings (SSSR count). The highest BCUT2D eigenvalue weighted by atomic mass is 79.9. The normalized spacial score (nSPS) is 12.2. The lowest BCUT2D eigenvalue weighted by Crippen LogP contribution is -2.11. The molecule has 0 fully saturated rings. The van der Waals surface area contributed by atoms with E-state index >= 15 is 0 Å². The fraction of sp³-hybridized carbons (Fsp3) is 0.200. The maximum absolute atomic E-state index is 12.7. The Balaban J connectivity index is 2.83. The topological polar surface area (TPSA) is 12.0 Å². The minimum absolute atomic E-state index is 0.168. The van der Waals surface area contributed by atoms with Crippen LogP contribution in [-0.2, 0) is 0 Å². The summed E-state index contributed by atoms with van der Waals surface area (Å²) in [4.78, 5) is 0. The third kappa shape index (κ3) is 2.84. The highest BCUT2D eigenvalue weighted by Gasteiger charge is 2.02. The smallest absolute Gasteiger partial charge is 0.124 e. The van der Waals surface area contributed by atoms with Crippen molar-refractivity contribution in [3.05, 3.63) is 41.1 Å². The second-order valence-electron chi connectivity index (χ2n) is 2.79. The van der Waals surface area contributed by atoms with E-state index in [-0.39, 0.29) is 11.9 Å². The van der Waals surface area contributed by atoms with E-state index in [9.17, 15) is 4.39 Å². The zero-order valence-corrected chi connectivity index (χ0v) is 8.94. The summed E-state index contributed by atoms with van der Waals surface area (Å²) in [6.45, 7) is 5.63. The van der Waals surface area contributed by atoms with Gasteiger partial charge in [-0.05, 0) is 41.1 Å². The Kier molecular flexibility index (Phi) is 3.48. The van der Waals surface area contributed by atoms with Gasteiger partial charge in [-0.2, -0.15) is 0 Å². The molecule has 0 spiro atoms. The van der Waals surface area contributed by atoms with Gasteiger partial charge in [0.25, 0.3) is 0 Å². The first-order valence-electron chi connectivity index (χ1n) is 3.97. The highest BCUT2D eigenvalue weighted by molar-refractivity contribution is 9.10. The molecule has 0 aliphatic carbocycles. The molecule has 0 heterocycles. The number of nitrogens with one attached hydrogen (secondary N) is 1. The Morgan fingerprint density at radius 2 is 2.31 bits per heavy atom. The van der Waals surface area contributed by atoms with Crippen LogP contribution in [0, 0.1) is 5.82 Å². The minimum atomic E-state index is -0.247. The predicted molar refractivity (Wildman–Crippen MR) is 57.4 cm³/mol. The summed E-state index contributed by atoms with van der Waals surface area (Å²) in [5.74, 6) is -0.247. The second kappa shape index (κ2) is 4.42. The molecule has 0 aliphatic rings. The van der Waals surface area contributed by atoms with Gasteiger partial charge in [0.2, 0.25) is 0 Å². The summed E-state index contributed by atoms with van der Waals surface area (Å²) in [7, 11) is 0. The number of rotatable bonds is 3. The summed E-state index contributed by atoms with van der Waals surface area (Å²) in [5.41, 5.74) is 0.869. The third-order valence-electron chi connectivity index (χ3n) is 1.67. The van der Waals surface area contributed by atoms with Crippen molar-refractivity contribution in [2.24, 2.45) is 0 Å². The van der Waals surface area contributed by atoms with Gasteiger partial charge in [-0.15, -0.1) is 6.58 Å². The van der Waals surface area contributed by atoms with Crippen LogP contribution in [0.15, 0.2) is 35.3 Å². The first-order chi connectivity index (χ1) is 6.13. The minimum Gasteiger partial charge on any atom is -0.378 e. The number of benzene rings is 1. The van der Waals surface area contributed by atoms with E-state index in [1.54, 1.807) is 12.1 Å². The lowest BCUT2D eigenvalue weighted by Gasteiger charge is -2.12. The average molecular weight is 244 g/mol. The van der Waals surface area contributed by atoms with Gasteiger partial charge in [0.1, 0.15) is 5.82 Å². The molecule has 3 heteroatoms. The first kappa shape index (κ1) is 10.3. The van der Waals surface area contributed by atoms with Gasteiger partial charge in [0.05, 0.1) is 0 Å². The molecule has 1 N–H and O–H groups in total. The van der Waals surface area contributed by atoms with Crippen molar-refractivity contribution in [2.45, 2.75) is 13.0 Å². The van der Waals surface area contributed by atoms with Crippen LogP contribution in [0.5, 0.6) is 0 Å². The molecule has 0 bridgehead atoms. The number of hydrogen-bond acceptors (Lipinski definition) is 1. The van der Waals surface area contributed by atoms with Crippen molar-refractivity contribution in [1.82, 2.24) is 0 Å². The first-order valence-corrected chi connectivity index (χ1v) is 4.77. The summed E-state index contributed by atoms with van der Waals surface area (Å²) in [6.07, 6.45) is 1.79. The van der Waals surface area contributed by atoms with Crippen LogP contribution in [0.4, 0.5) is 10.1 Å². The molecule has 0 amide bonds. The maximum Gasteiger partial charge on any atom is 0.124 e. The van der Waals surface area contributed by atoms with Gasteiger partial charge in [-0.25, -0.2) is 4.39 Å². The van der Waals surface area contributed by atoms with E-state index in [0.29, 0.717) is 0 Å². The van der Waals surface area contributed by atoms with Crippen LogP contribution in [0.25, 0.3) is 0 Å². The van der Waals surface area contributed by atoms with Gasteiger partial charge >= 0.3 is 0 Å². The molecule has 70 valence electrons. The molecule has 0 saturated heterocycles. The van der Waals surface area contributed by atoms with Crippen molar-refractivity contribution < 1.29 is 4.39 Å². The summed E-state index contributed by atoms with van der Waals surface area (Å²) >= 11 is 3.27. The van der Waals surface area contributed by atoms with E-state index in [2.05, 4.69) is 27.8 Å². The van der Waals surface area contributed by atoms with E-state index in [4.69, 9.17) is 0 Å². The standard InChI is InChI=1S/C10H11BrFN/c1-3-7(2)13-10-5-4-8(12)6-9(10)11/h3-7,13H,1H2,2H3. The molecule has 13 heavy (non-hydrogen) atoms. The Labute approximate surface area is 85.8 Å². The molecule has 0 saturated carbocycles. The van der Waals surface area contributed by atoms with Crippen molar-refractivity contribution in [1.29, 1.82) is 0 Å². The molecule has 1 atom stereocenters. The Bertz CT molecular complexity index is 312. The number of hydrogen-bond donors (Lipinski definition) is 1. The molecule has 0 aromatic heterocycles. The Morgan fingerprint density at radius 3 is 2.85 bits per heavy atom. The van der Waals surface area contributed by atoms with Gasteiger partial charge in [-0.3, -0.25) is 0 Å². The largest absolute Gasteiger partial charge is 0.378 e. The van der Waals surface area contributed by atoms with Crippen LogP contribution < -0.4 is 5.32 Å². The highest BCUT2D eigenvalue weighted by Crippen LogP contribution is 2.23. The van der Waals surface area contributed by atoms with E-state index < -0.39 is 0 Å². The van der Waals surface area contributed by atoms with Crippen LogP contribution >= 0.6 is 15.9 Å². The van der Waals surface area contributed by atoms with Crippen LogP contribution in [-0.4, -0.2) is 6.04 Å². The molecule has 1 unspecified atom stereocenters. The zero-order valence-electron chi connectivity index (χ0n) is 7.35. The van der Waals surface area contributed by atoms with Crippen molar-refractivity contribution in [3.8, 4) is 0 Å². The lowest BCUT2D eigenvalue weighted by atomic mass is 10.2. The van der Waals surface area contributed by atoms with E-state index in [1.807, 2.05) is 6.92 Å². The molecule has 0 aliphatic heterocycles. The van der Waals surface area contributed by atoms with Crippen molar-refractivity contribution >= 4 is 21.6 Å². The summed E-state index contributed by atoms with van der Waals surface area (Å²) in [5, 5.41) is 3.16. The Morgan fingerprint density at radius 1 is 1.62 bits per heavy atom. The maximum atomic E-state index is 12.7. The fourth-order valence-electron chi connectivity index (χ4n) is 0.911. The third-order valence-corrected chi connectivity index (χ3v) is 2.32. The number of halogens is 2. The SMILES string of the molecule is C=CC(C)Nc1ccc(F)cc1Br. The summed E-state index contributed by atoms with van der Waals surface area (Å²) in [6, 6.07) is 4.71. The van der Waals surface area contributed by atoms with Gasteiger partial charge in [0.15, 0.2) is 0 Å². The fourth-order valence-corrected chi connectivity index (χ4v) is 1.38. The molecule has 1 aromatic carbocycles. The van der Waals surface area contributed by atoms with Crippen molar-refractivity contribution in [2.75, 3.05) is 5.32 Å². The second-order valence-corrected chi connectivity index (χ2v) is 3.65. The molecular formula is C10H11BrFN. The van der Waals surface area contributed by atoms with Crippen LogP contribution in [0.2, 0.25) is 0 Å². The van der Waals surface area contributed by atoms with E-state index in [1.165, 1.54) is 12.1 Å². The van der Waals surface area contributed by atoms with Gasteiger partial charge in [0, 0.05) is 16.2 Å². The molecule has 0 radical (unpaired) electrons. The Hall–Kier alpha value is -0.830. The monoisotopic (exact) mass is 243 g/mol. The molecular weight excluding hydrogens is 233 g/mol. The van der Waals surface area contributed by atoms with Crippen LogP contribution in [0.1, 0.15) is 6.92 Å². The zero-order chi connectivity index (χ0) is 9.84. The molecule has 1 nitrogen and oxygen atoms in total.